The second kappa shape index (κ2) is 3.97. The summed E-state index contributed by atoms with van der Waals surface area (Å²) < 4.78 is 2.57. The van der Waals surface area contributed by atoms with Crippen LogP contribution in [-0.4, -0.2) is 35.5 Å². The molecule has 4 heteroatoms. The van der Waals surface area contributed by atoms with E-state index in [-0.39, 0.29) is 11.8 Å². The molecule has 1 fully saturated rings. The van der Waals surface area contributed by atoms with Crippen molar-refractivity contribution < 1.29 is 4.79 Å². The summed E-state index contributed by atoms with van der Waals surface area (Å²) in [5.41, 5.74) is 0. The molecule has 0 bridgehead atoms. The molecule has 0 aromatic carbocycles. The maximum Gasteiger partial charge on any atom is 0.310 e. The number of amides is 1. The van der Waals surface area contributed by atoms with Crippen LogP contribution in [0.4, 0.5) is 0 Å². The van der Waals surface area contributed by atoms with E-state index in [4.69, 9.17) is 0 Å². The molecule has 0 unspecified atom stereocenters. The fourth-order valence-corrected chi connectivity index (χ4v) is 1.43. The molecule has 1 rings (SSSR count). The van der Waals surface area contributed by atoms with Gasteiger partial charge in [0.2, 0.25) is 0 Å². The molecule has 1 aliphatic rings. The van der Waals surface area contributed by atoms with Gasteiger partial charge in [0.05, 0.1) is 0 Å². The Balaban J connectivity index is 2.31. The van der Waals surface area contributed by atoms with Crippen LogP contribution in [0, 0.1) is 5.92 Å². The first-order chi connectivity index (χ1) is 4.84. The van der Waals surface area contributed by atoms with Crippen molar-refractivity contribution in [2.75, 3.05) is 13.1 Å². The zero-order chi connectivity index (χ0) is 7.40. The van der Waals surface area contributed by atoms with Crippen LogP contribution in [0.15, 0.2) is 0 Å². The lowest BCUT2D eigenvalue weighted by Gasteiger charge is -2.21. The van der Waals surface area contributed by atoms with Crippen LogP contribution in [-0.2, 0) is 4.79 Å². The molecule has 3 nitrogen and oxygen atoms in total. The molecule has 1 heterocycles. The lowest BCUT2D eigenvalue weighted by molar-refractivity contribution is -0.123. The average molecular weight is 154 g/mol. The fourth-order valence-electron chi connectivity index (χ4n) is 1.19. The highest BCUT2D eigenvalue weighted by molar-refractivity contribution is 6.14. The van der Waals surface area contributed by atoms with Crippen LogP contribution in [0.25, 0.3) is 0 Å². The van der Waals surface area contributed by atoms with Crippen molar-refractivity contribution in [3.63, 3.8) is 0 Å². The van der Waals surface area contributed by atoms with Crippen molar-refractivity contribution in [2.24, 2.45) is 5.92 Å². The van der Waals surface area contributed by atoms with E-state index >= 15 is 0 Å². The second-order valence-electron chi connectivity index (χ2n) is 2.55. The quantitative estimate of drug-likeness (QED) is 0.485. The number of rotatable bonds is 1. The number of nitrogens with one attached hydrogen (secondary N) is 2. The van der Waals surface area contributed by atoms with Gasteiger partial charge in [-0.3, -0.25) is 4.79 Å². The van der Waals surface area contributed by atoms with Crippen molar-refractivity contribution in [2.45, 2.75) is 12.8 Å². The van der Waals surface area contributed by atoms with Gasteiger partial charge in [0, 0.05) is 12.5 Å². The molecule has 0 saturated carbocycles. The maximum atomic E-state index is 11.0. The van der Waals surface area contributed by atoms with E-state index in [1.807, 2.05) is 0 Å². The van der Waals surface area contributed by atoms with Crippen molar-refractivity contribution >= 4 is 22.4 Å². The highest BCUT2D eigenvalue weighted by Gasteiger charge is 2.18. The Morgan fingerprint density at radius 1 is 1.70 bits per heavy atom. The van der Waals surface area contributed by atoms with Crippen LogP contribution >= 0.6 is 0 Å². The van der Waals surface area contributed by atoms with E-state index in [1.165, 1.54) is 0 Å². The van der Waals surface area contributed by atoms with E-state index in [0.29, 0.717) is 0 Å². The molecule has 1 amide bonds. The molecule has 1 aliphatic heterocycles. The van der Waals surface area contributed by atoms with Gasteiger partial charge in [0.25, 0.3) is 0 Å². The summed E-state index contributed by atoms with van der Waals surface area (Å²) in [6, 6.07) is 0. The Bertz CT molecular complexity index is 123. The number of carbonyl (C=O) groups excluding carboxylic acids is 1. The molecule has 2 N–H and O–H groups in total. The molecule has 10 heavy (non-hydrogen) atoms. The van der Waals surface area contributed by atoms with Crippen LogP contribution < -0.4 is 9.62 Å². The Morgan fingerprint density at radius 3 is 3.00 bits per heavy atom. The highest BCUT2D eigenvalue weighted by Crippen LogP contribution is 2.08. The highest BCUT2D eigenvalue weighted by atomic mass is 27.1. The van der Waals surface area contributed by atoms with Crippen molar-refractivity contribution in [3.05, 3.63) is 0 Å². The third-order valence-electron chi connectivity index (χ3n) is 1.81. The van der Waals surface area contributed by atoms with E-state index in [1.54, 1.807) is 0 Å². The van der Waals surface area contributed by atoms with Crippen LogP contribution in [0.3, 0.4) is 0 Å². The Hall–Kier alpha value is -0.0375. The van der Waals surface area contributed by atoms with Gasteiger partial charge in [-0.15, -0.1) is 0 Å². The summed E-state index contributed by atoms with van der Waals surface area (Å²) in [6.45, 7) is 1.89. The normalized spacial score (nSPS) is 25.8. The van der Waals surface area contributed by atoms with Crippen LogP contribution in [0.1, 0.15) is 12.8 Å². The summed E-state index contributed by atoms with van der Waals surface area (Å²) in [5, 5.41) is 3.18. The largest absolute Gasteiger partial charge is 0.463 e. The molecule has 1 atom stereocenters. The molecule has 0 aliphatic carbocycles. The molecule has 54 valence electrons. The summed E-state index contributed by atoms with van der Waals surface area (Å²) >= 11 is 2.24. The third-order valence-corrected chi connectivity index (χ3v) is 2.09. The van der Waals surface area contributed by atoms with Gasteiger partial charge < -0.3 is 9.62 Å². The SMILES string of the molecule is O=C([NH][Al])[C@H]1CCCNC1. The molecule has 0 spiro atoms. The van der Waals surface area contributed by atoms with Crippen LogP contribution in [0.2, 0.25) is 0 Å². The zero-order valence-corrected chi connectivity index (χ0v) is 7.05. The summed E-state index contributed by atoms with van der Waals surface area (Å²) in [6.07, 6.45) is 2.13. The molecular weight excluding hydrogens is 143 g/mol. The zero-order valence-electron chi connectivity index (χ0n) is 5.89. The monoisotopic (exact) mass is 154 g/mol. The van der Waals surface area contributed by atoms with Crippen molar-refractivity contribution in [1.29, 1.82) is 0 Å². The molecule has 1 saturated heterocycles. The Labute approximate surface area is 69.2 Å². The van der Waals surface area contributed by atoms with E-state index in [9.17, 15) is 4.79 Å². The minimum Gasteiger partial charge on any atom is -0.463 e. The minimum atomic E-state index is 0.136. The maximum absolute atomic E-state index is 11.0. The summed E-state index contributed by atoms with van der Waals surface area (Å²) in [4.78, 5) is 11.0. The number of hydrogen-bond acceptors (Lipinski definition) is 2. The molecular formula is C6H11AlN2O. The van der Waals surface area contributed by atoms with E-state index < -0.39 is 0 Å². The van der Waals surface area contributed by atoms with Gasteiger partial charge in [-0.05, 0) is 19.4 Å². The smallest absolute Gasteiger partial charge is 0.310 e. The average Bonchev–Trinajstić information content (AvgIpc) is 2.05. The van der Waals surface area contributed by atoms with E-state index in [0.717, 1.165) is 25.9 Å². The van der Waals surface area contributed by atoms with Crippen molar-refractivity contribution in [1.82, 2.24) is 9.62 Å². The first-order valence-corrected chi connectivity index (χ1v) is 4.13. The van der Waals surface area contributed by atoms with Gasteiger partial charge in [-0.1, -0.05) is 0 Å². The topological polar surface area (TPSA) is 41.1 Å². The lowest BCUT2D eigenvalue weighted by atomic mass is 9.99. The van der Waals surface area contributed by atoms with Gasteiger partial charge >= 0.3 is 16.5 Å². The van der Waals surface area contributed by atoms with Gasteiger partial charge in [0.15, 0.2) is 5.91 Å². The number of piperidine rings is 1. The fraction of sp³-hybridized carbons (Fsp3) is 0.833. The van der Waals surface area contributed by atoms with Gasteiger partial charge in [0.1, 0.15) is 0 Å². The standard InChI is InChI=1S/C6H12N2O.Al/c7-6(9)5-2-1-3-8-4-5;/h5,8H,1-4H2,(H2,7,9);/q;+1/p-1/t5-;/m0./s1. The lowest BCUT2D eigenvalue weighted by Crippen LogP contribution is -2.39. The molecule has 0 aromatic heterocycles. The second-order valence-corrected chi connectivity index (χ2v) is 2.84. The van der Waals surface area contributed by atoms with Crippen molar-refractivity contribution in [3.8, 4) is 0 Å². The minimum absolute atomic E-state index is 0.136. The predicted octanol–water partition coefficient (Wildman–Crippen LogP) is -0.814. The summed E-state index contributed by atoms with van der Waals surface area (Å²) in [7, 11) is 0. The van der Waals surface area contributed by atoms with Gasteiger partial charge in [-0.25, -0.2) is 0 Å². The first kappa shape index (κ1) is 8.06. The van der Waals surface area contributed by atoms with Gasteiger partial charge in [-0.2, -0.15) is 0 Å². The van der Waals surface area contributed by atoms with Crippen LogP contribution in [0.5, 0.6) is 0 Å². The molecule has 0 aromatic rings. The predicted molar refractivity (Wildman–Crippen MR) is 39.5 cm³/mol. The third kappa shape index (κ3) is 1.98. The Kier molecular flexibility index (Phi) is 3.20. The Morgan fingerprint density at radius 2 is 2.50 bits per heavy atom. The number of carbonyl (C=O) groups is 1. The van der Waals surface area contributed by atoms with E-state index in [2.05, 4.69) is 26.1 Å². The summed E-state index contributed by atoms with van der Waals surface area (Å²) in [5.74, 6) is 0.323. The molecule has 2 radical (unpaired) electrons. The first-order valence-electron chi connectivity index (χ1n) is 3.56. The number of hydrogen-bond donors (Lipinski definition) is 2.